The smallest absolute Gasteiger partial charge is 0.339 e. The van der Waals surface area contributed by atoms with Crippen LogP contribution in [0.1, 0.15) is 17.3 Å². The monoisotopic (exact) mass is 363 g/mol. The van der Waals surface area contributed by atoms with Crippen molar-refractivity contribution in [2.24, 2.45) is 0 Å². The Morgan fingerprint density at radius 2 is 1.70 bits per heavy atom. The first-order valence-electron chi connectivity index (χ1n) is 9.10. The average molecular weight is 363 g/mol. The van der Waals surface area contributed by atoms with Crippen molar-refractivity contribution in [2.75, 3.05) is 26.3 Å². The van der Waals surface area contributed by atoms with Crippen LogP contribution < -0.4 is 0 Å². The van der Waals surface area contributed by atoms with E-state index < -0.39 is 5.97 Å². The van der Waals surface area contributed by atoms with E-state index in [9.17, 15) is 9.59 Å². The quantitative estimate of drug-likeness (QED) is 0.529. The first-order chi connectivity index (χ1) is 13.1. The van der Waals surface area contributed by atoms with Gasteiger partial charge < -0.3 is 14.4 Å². The zero-order chi connectivity index (χ0) is 18.8. The summed E-state index contributed by atoms with van der Waals surface area (Å²) in [6.07, 6.45) is 0.000382. The van der Waals surface area contributed by atoms with Gasteiger partial charge in [0.15, 0.2) is 6.61 Å². The first kappa shape index (κ1) is 17.5. The molecular formula is C22H21NO4. The molecule has 1 saturated heterocycles. The number of carbonyl (C=O) groups excluding carboxylic acids is 2. The van der Waals surface area contributed by atoms with Gasteiger partial charge in [0.25, 0.3) is 5.91 Å². The second-order valence-corrected chi connectivity index (χ2v) is 6.79. The van der Waals surface area contributed by atoms with E-state index in [0.29, 0.717) is 25.3 Å². The second kappa shape index (κ2) is 7.37. The maximum atomic E-state index is 12.9. The minimum atomic E-state index is -0.474. The molecule has 0 aliphatic carbocycles. The maximum Gasteiger partial charge on any atom is 0.339 e. The lowest BCUT2D eigenvalue weighted by Crippen LogP contribution is -2.46. The van der Waals surface area contributed by atoms with Gasteiger partial charge in [-0.3, -0.25) is 4.79 Å². The molecule has 0 radical (unpaired) electrons. The Kier molecular flexibility index (Phi) is 4.77. The van der Waals surface area contributed by atoms with E-state index in [-0.39, 0.29) is 18.6 Å². The molecule has 0 saturated carbocycles. The number of benzene rings is 3. The van der Waals surface area contributed by atoms with Gasteiger partial charge in [0, 0.05) is 13.1 Å². The lowest BCUT2D eigenvalue weighted by molar-refractivity contribution is -0.141. The van der Waals surface area contributed by atoms with Crippen LogP contribution in [-0.2, 0) is 14.3 Å². The van der Waals surface area contributed by atoms with Crippen molar-refractivity contribution in [3.8, 4) is 0 Å². The Balaban J connectivity index is 1.61. The molecule has 3 aromatic carbocycles. The highest BCUT2D eigenvalue weighted by atomic mass is 16.5. The van der Waals surface area contributed by atoms with Gasteiger partial charge in [-0.15, -0.1) is 0 Å². The number of fused-ring (bicyclic) bond motifs is 2. The third-order valence-electron chi connectivity index (χ3n) is 4.90. The van der Waals surface area contributed by atoms with Crippen LogP contribution in [0.25, 0.3) is 21.5 Å². The van der Waals surface area contributed by atoms with Crippen molar-refractivity contribution in [1.29, 1.82) is 0 Å². The fourth-order valence-electron chi connectivity index (χ4n) is 3.57. The summed E-state index contributed by atoms with van der Waals surface area (Å²) in [6.45, 7) is 3.22. The zero-order valence-electron chi connectivity index (χ0n) is 15.2. The molecule has 4 rings (SSSR count). The number of hydrogen-bond donors (Lipinski definition) is 0. The number of hydrogen-bond acceptors (Lipinski definition) is 4. The molecule has 1 fully saturated rings. The number of rotatable bonds is 3. The molecule has 1 amide bonds. The standard InChI is InChI=1S/C22H21NO4/c1-15-13-23(10-11-26-15)20(24)14-27-22(25)21-18-8-4-2-6-16(18)12-17-7-3-5-9-19(17)21/h2-9,12,15H,10-11,13-14H2,1H3. The lowest BCUT2D eigenvalue weighted by atomic mass is 9.97. The van der Waals surface area contributed by atoms with Gasteiger partial charge >= 0.3 is 5.97 Å². The summed E-state index contributed by atoms with van der Waals surface area (Å²) in [5, 5.41) is 3.59. The van der Waals surface area contributed by atoms with E-state index in [4.69, 9.17) is 9.47 Å². The Morgan fingerprint density at radius 1 is 1.07 bits per heavy atom. The molecule has 1 aliphatic heterocycles. The summed E-state index contributed by atoms with van der Waals surface area (Å²) in [5.41, 5.74) is 0.506. The summed E-state index contributed by atoms with van der Waals surface area (Å²) < 4.78 is 10.9. The van der Waals surface area contributed by atoms with Gasteiger partial charge in [-0.2, -0.15) is 0 Å². The Morgan fingerprint density at radius 3 is 2.33 bits per heavy atom. The fourth-order valence-corrected chi connectivity index (χ4v) is 3.57. The molecule has 27 heavy (non-hydrogen) atoms. The molecule has 5 heteroatoms. The molecule has 1 unspecified atom stereocenters. The maximum absolute atomic E-state index is 12.9. The van der Waals surface area contributed by atoms with Crippen molar-refractivity contribution in [2.45, 2.75) is 13.0 Å². The molecule has 0 aromatic heterocycles. The van der Waals surface area contributed by atoms with Crippen LogP contribution in [-0.4, -0.2) is 49.2 Å². The lowest BCUT2D eigenvalue weighted by Gasteiger charge is -2.30. The number of ether oxygens (including phenoxy) is 2. The predicted octanol–water partition coefficient (Wildman–Crippen LogP) is 3.40. The number of esters is 1. The molecular weight excluding hydrogens is 342 g/mol. The third kappa shape index (κ3) is 3.51. The van der Waals surface area contributed by atoms with Crippen LogP contribution in [0.2, 0.25) is 0 Å². The van der Waals surface area contributed by atoms with Crippen molar-refractivity contribution < 1.29 is 19.1 Å². The Bertz CT molecular complexity index is 960. The van der Waals surface area contributed by atoms with E-state index in [1.54, 1.807) is 4.90 Å². The molecule has 1 aliphatic rings. The van der Waals surface area contributed by atoms with E-state index in [1.807, 2.05) is 55.5 Å². The predicted molar refractivity (Wildman–Crippen MR) is 104 cm³/mol. The van der Waals surface area contributed by atoms with E-state index >= 15 is 0 Å². The van der Waals surface area contributed by atoms with Gasteiger partial charge in [-0.05, 0) is 34.5 Å². The molecule has 0 bridgehead atoms. The van der Waals surface area contributed by atoms with E-state index in [2.05, 4.69) is 6.07 Å². The van der Waals surface area contributed by atoms with Crippen molar-refractivity contribution >= 4 is 33.4 Å². The van der Waals surface area contributed by atoms with Crippen LogP contribution in [0.15, 0.2) is 54.6 Å². The highest BCUT2D eigenvalue weighted by molar-refractivity contribution is 6.16. The normalized spacial score (nSPS) is 17.2. The Hall–Kier alpha value is -2.92. The molecule has 3 aromatic rings. The largest absolute Gasteiger partial charge is 0.452 e. The Labute approximate surface area is 157 Å². The summed E-state index contributed by atoms with van der Waals surface area (Å²) in [7, 11) is 0. The van der Waals surface area contributed by atoms with Gasteiger partial charge in [-0.25, -0.2) is 4.79 Å². The second-order valence-electron chi connectivity index (χ2n) is 6.79. The van der Waals surface area contributed by atoms with Gasteiger partial charge in [0.05, 0.1) is 18.3 Å². The van der Waals surface area contributed by atoms with Gasteiger partial charge in [0.1, 0.15) is 0 Å². The van der Waals surface area contributed by atoms with Crippen LogP contribution in [0.5, 0.6) is 0 Å². The highest BCUT2D eigenvalue weighted by Crippen LogP contribution is 2.29. The van der Waals surface area contributed by atoms with Crippen LogP contribution in [0.4, 0.5) is 0 Å². The molecule has 5 nitrogen and oxygen atoms in total. The highest BCUT2D eigenvalue weighted by Gasteiger charge is 2.23. The average Bonchev–Trinajstić information content (AvgIpc) is 2.70. The SMILES string of the molecule is CC1CN(C(=O)COC(=O)c2c3ccccc3cc3ccccc23)CCO1. The van der Waals surface area contributed by atoms with E-state index in [1.165, 1.54) is 0 Å². The van der Waals surface area contributed by atoms with Crippen molar-refractivity contribution in [3.05, 3.63) is 60.2 Å². The van der Waals surface area contributed by atoms with E-state index in [0.717, 1.165) is 21.5 Å². The molecule has 0 spiro atoms. The minimum absolute atomic E-state index is 0.000382. The summed E-state index contributed by atoms with van der Waals surface area (Å²) in [6, 6.07) is 17.5. The zero-order valence-corrected chi connectivity index (χ0v) is 15.2. The minimum Gasteiger partial charge on any atom is -0.452 e. The third-order valence-corrected chi connectivity index (χ3v) is 4.90. The molecule has 1 atom stereocenters. The van der Waals surface area contributed by atoms with Crippen LogP contribution in [0.3, 0.4) is 0 Å². The summed E-state index contributed by atoms with van der Waals surface area (Å²) in [4.78, 5) is 27.0. The van der Waals surface area contributed by atoms with Gasteiger partial charge in [-0.1, -0.05) is 48.5 Å². The van der Waals surface area contributed by atoms with Crippen LogP contribution >= 0.6 is 0 Å². The topological polar surface area (TPSA) is 55.8 Å². The first-order valence-corrected chi connectivity index (χ1v) is 9.10. The number of amides is 1. The fraction of sp³-hybridized carbons (Fsp3) is 0.273. The van der Waals surface area contributed by atoms with Crippen molar-refractivity contribution in [3.63, 3.8) is 0 Å². The molecule has 138 valence electrons. The number of nitrogens with zero attached hydrogens (tertiary/aromatic N) is 1. The summed E-state index contributed by atoms with van der Waals surface area (Å²) >= 11 is 0. The summed E-state index contributed by atoms with van der Waals surface area (Å²) in [5.74, 6) is -0.666. The van der Waals surface area contributed by atoms with Gasteiger partial charge in [0.2, 0.25) is 0 Å². The molecule has 0 N–H and O–H groups in total. The van der Waals surface area contributed by atoms with Crippen molar-refractivity contribution in [1.82, 2.24) is 4.90 Å². The number of carbonyl (C=O) groups is 2. The molecule has 1 heterocycles. The van der Waals surface area contributed by atoms with Crippen LogP contribution in [0, 0.1) is 0 Å². The number of morpholine rings is 1.